The Balaban J connectivity index is 1.74. The number of pyridine rings is 1. The van der Waals surface area contributed by atoms with Gasteiger partial charge >= 0.3 is 5.97 Å². The first-order chi connectivity index (χ1) is 14.0. The number of carbonyl (C=O) groups is 2. The minimum Gasteiger partial charge on any atom is -0.466 e. The lowest BCUT2D eigenvalue weighted by molar-refractivity contribution is -0.149. The Morgan fingerprint density at radius 1 is 1.38 bits per heavy atom. The van der Waals surface area contributed by atoms with Gasteiger partial charge in [0, 0.05) is 20.1 Å². The van der Waals surface area contributed by atoms with Gasteiger partial charge in [-0.1, -0.05) is 0 Å². The summed E-state index contributed by atoms with van der Waals surface area (Å²) in [6, 6.07) is 5.35. The van der Waals surface area contributed by atoms with E-state index in [9.17, 15) is 9.59 Å². The van der Waals surface area contributed by atoms with Crippen molar-refractivity contribution in [3.05, 3.63) is 35.7 Å². The number of likely N-dealkylation sites (tertiary alicyclic amines) is 1. The topological polar surface area (TPSA) is 90.5 Å². The number of carbonyl (C=O) groups excluding carboxylic acids is 2. The maximum atomic E-state index is 13.5. The lowest BCUT2D eigenvalue weighted by atomic mass is 9.97. The maximum absolute atomic E-state index is 13.5. The van der Waals surface area contributed by atoms with E-state index in [1.807, 2.05) is 13.0 Å². The van der Waals surface area contributed by atoms with Crippen LogP contribution < -0.4 is 0 Å². The van der Waals surface area contributed by atoms with E-state index >= 15 is 0 Å². The van der Waals surface area contributed by atoms with Gasteiger partial charge in [-0.2, -0.15) is 5.10 Å². The predicted molar refractivity (Wildman–Crippen MR) is 106 cm³/mol. The standard InChI is InChI=1S/C21H24N4O4/c1-4-28-21(27)14-7-5-9-25(12-14)20(26)15-11-16(17-8-6-10-29-17)22-19-18(15)13(2)23-24(19)3/h6,8,10-11,14H,4-5,7,9,12H2,1-3H3. The third kappa shape index (κ3) is 3.50. The second kappa shape index (κ2) is 7.69. The second-order valence-corrected chi connectivity index (χ2v) is 7.28. The van der Waals surface area contributed by atoms with Crippen molar-refractivity contribution in [2.24, 2.45) is 13.0 Å². The molecule has 0 N–H and O–H groups in total. The van der Waals surface area contributed by atoms with Crippen molar-refractivity contribution in [3.8, 4) is 11.5 Å². The van der Waals surface area contributed by atoms with Gasteiger partial charge in [0.2, 0.25) is 0 Å². The molecule has 4 heterocycles. The summed E-state index contributed by atoms with van der Waals surface area (Å²) < 4.78 is 12.3. The van der Waals surface area contributed by atoms with Crippen LogP contribution in [0.3, 0.4) is 0 Å². The highest BCUT2D eigenvalue weighted by Gasteiger charge is 2.31. The number of ether oxygens (including phenoxy) is 1. The normalized spacial score (nSPS) is 16.9. The minimum atomic E-state index is -0.287. The Bertz CT molecular complexity index is 1050. The largest absolute Gasteiger partial charge is 0.466 e. The predicted octanol–water partition coefficient (Wildman–Crippen LogP) is 2.95. The van der Waals surface area contributed by atoms with Crippen LogP contribution in [0.15, 0.2) is 28.9 Å². The van der Waals surface area contributed by atoms with Crippen LogP contribution in [0.5, 0.6) is 0 Å². The van der Waals surface area contributed by atoms with Gasteiger partial charge in [-0.15, -0.1) is 0 Å². The highest BCUT2D eigenvalue weighted by molar-refractivity contribution is 6.07. The molecular weight excluding hydrogens is 372 g/mol. The molecule has 1 saturated heterocycles. The van der Waals surface area contributed by atoms with Crippen molar-refractivity contribution in [1.29, 1.82) is 0 Å². The van der Waals surface area contributed by atoms with Crippen LogP contribution in [0.1, 0.15) is 35.8 Å². The highest BCUT2D eigenvalue weighted by Crippen LogP contribution is 2.29. The van der Waals surface area contributed by atoms with E-state index < -0.39 is 0 Å². The van der Waals surface area contributed by atoms with Crippen molar-refractivity contribution in [3.63, 3.8) is 0 Å². The van der Waals surface area contributed by atoms with Crippen LogP contribution in [0.25, 0.3) is 22.5 Å². The molecule has 1 amide bonds. The third-order valence-corrected chi connectivity index (χ3v) is 5.30. The van der Waals surface area contributed by atoms with Gasteiger partial charge in [0.15, 0.2) is 11.4 Å². The van der Waals surface area contributed by atoms with Gasteiger partial charge in [-0.05, 0) is 44.9 Å². The molecule has 4 rings (SSSR count). The Labute approximate surface area is 168 Å². The summed E-state index contributed by atoms with van der Waals surface area (Å²) in [6.07, 6.45) is 3.07. The lowest BCUT2D eigenvalue weighted by Crippen LogP contribution is -2.43. The molecule has 3 aromatic heterocycles. The highest BCUT2D eigenvalue weighted by atomic mass is 16.5. The van der Waals surface area contributed by atoms with Crippen LogP contribution in [-0.2, 0) is 16.6 Å². The van der Waals surface area contributed by atoms with Gasteiger partial charge in [0.05, 0.1) is 35.4 Å². The van der Waals surface area contributed by atoms with Gasteiger partial charge in [0.25, 0.3) is 5.91 Å². The number of hydrogen-bond acceptors (Lipinski definition) is 6. The first-order valence-corrected chi connectivity index (χ1v) is 9.83. The minimum absolute atomic E-state index is 0.129. The number of fused-ring (bicyclic) bond motifs is 1. The van der Waals surface area contributed by atoms with E-state index in [-0.39, 0.29) is 17.8 Å². The molecule has 1 atom stereocenters. The number of furan rings is 1. The molecule has 3 aromatic rings. The molecule has 0 bridgehead atoms. The number of aromatic nitrogens is 3. The molecule has 8 heteroatoms. The van der Waals surface area contributed by atoms with E-state index in [1.54, 1.807) is 41.9 Å². The Kier molecular flexibility index (Phi) is 5.08. The number of esters is 1. The van der Waals surface area contributed by atoms with Crippen LogP contribution in [-0.4, -0.2) is 51.2 Å². The van der Waals surface area contributed by atoms with E-state index in [0.717, 1.165) is 23.9 Å². The van der Waals surface area contributed by atoms with Gasteiger partial charge in [0.1, 0.15) is 5.69 Å². The summed E-state index contributed by atoms with van der Waals surface area (Å²) in [6.45, 7) is 4.96. The molecule has 1 fully saturated rings. The van der Waals surface area contributed by atoms with E-state index in [4.69, 9.17) is 9.15 Å². The van der Waals surface area contributed by atoms with Crippen LogP contribution in [0.2, 0.25) is 0 Å². The first-order valence-electron chi connectivity index (χ1n) is 9.83. The summed E-state index contributed by atoms with van der Waals surface area (Å²) in [5, 5.41) is 5.17. The fourth-order valence-electron chi connectivity index (χ4n) is 3.95. The molecule has 0 saturated carbocycles. The monoisotopic (exact) mass is 396 g/mol. The summed E-state index contributed by atoms with van der Waals surface area (Å²) in [5.41, 5.74) is 2.46. The van der Waals surface area contributed by atoms with E-state index in [0.29, 0.717) is 42.4 Å². The molecule has 0 aliphatic carbocycles. The molecule has 1 unspecified atom stereocenters. The molecule has 1 aliphatic rings. The third-order valence-electron chi connectivity index (χ3n) is 5.30. The van der Waals surface area contributed by atoms with E-state index in [1.165, 1.54) is 0 Å². The fraction of sp³-hybridized carbons (Fsp3) is 0.429. The zero-order chi connectivity index (χ0) is 20.5. The van der Waals surface area contributed by atoms with Gasteiger partial charge in [-0.25, -0.2) is 4.98 Å². The molecule has 8 nitrogen and oxygen atoms in total. The summed E-state index contributed by atoms with van der Waals surface area (Å²) >= 11 is 0. The fourth-order valence-corrected chi connectivity index (χ4v) is 3.95. The van der Waals surface area contributed by atoms with Crippen molar-refractivity contribution in [2.45, 2.75) is 26.7 Å². The molecule has 152 valence electrons. The lowest BCUT2D eigenvalue weighted by Gasteiger charge is -2.31. The number of aryl methyl sites for hydroxylation is 2. The first kappa shape index (κ1) is 19.2. The van der Waals surface area contributed by atoms with Crippen molar-refractivity contribution in [1.82, 2.24) is 19.7 Å². The average molecular weight is 396 g/mol. The number of piperidine rings is 1. The maximum Gasteiger partial charge on any atom is 0.310 e. The molecule has 0 radical (unpaired) electrons. The molecule has 0 aromatic carbocycles. The SMILES string of the molecule is CCOC(=O)C1CCCN(C(=O)c2cc(-c3ccco3)nc3c2c(C)nn3C)C1. The van der Waals surface area contributed by atoms with E-state index in [2.05, 4.69) is 10.1 Å². The molecule has 29 heavy (non-hydrogen) atoms. The zero-order valence-electron chi connectivity index (χ0n) is 16.8. The second-order valence-electron chi connectivity index (χ2n) is 7.28. The number of hydrogen-bond donors (Lipinski definition) is 0. The Morgan fingerprint density at radius 3 is 2.93 bits per heavy atom. The Hall–Kier alpha value is -3.16. The quantitative estimate of drug-likeness (QED) is 0.630. The van der Waals surface area contributed by atoms with Crippen LogP contribution >= 0.6 is 0 Å². The van der Waals surface area contributed by atoms with Gasteiger partial charge < -0.3 is 14.1 Å². The summed E-state index contributed by atoms with van der Waals surface area (Å²) in [4.78, 5) is 32.1. The van der Waals surface area contributed by atoms with Crippen LogP contribution in [0.4, 0.5) is 0 Å². The smallest absolute Gasteiger partial charge is 0.310 e. The molecular formula is C21H24N4O4. The van der Waals surface area contributed by atoms with Crippen molar-refractivity contribution < 1.29 is 18.7 Å². The van der Waals surface area contributed by atoms with Crippen molar-refractivity contribution >= 4 is 22.9 Å². The van der Waals surface area contributed by atoms with Crippen molar-refractivity contribution in [2.75, 3.05) is 19.7 Å². The number of nitrogens with zero attached hydrogens (tertiary/aromatic N) is 4. The molecule has 0 spiro atoms. The average Bonchev–Trinajstić information content (AvgIpc) is 3.36. The summed E-state index contributed by atoms with van der Waals surface area (Å²) in [7, 11) is 1.81. The number of rotatable bonds is 4. The number of amides is 1. The Morgan fingerprint density at radius 2 is 2.21 bits per heavy atom. The molecule has 1 aliphatic heterocycles. The zero-order valence-corrected chi connectivity index (χ0v) is 16.8. The van der Waals surface area contributed by atoms with Crippen LogP contribution in [0, 0.1) is 12.8 Å². The van der Waals surface area contributed by atoms with Gasteiger partial charge in [-0.3, -0.25) is 14.3 Å². The summed E-state index contributed by atoms with van der Waals surface area (Å²) in [5.74, 6) is -0.0682.